The van der Waals surface area contributed by atoms with Gasteiger partial charge in [0.2, 0.25) is 5.91 Å². The lowest BCUT2D eigenvalue weighted by atomic mass is 10.1. The number of unbranched alkanes of at least 4 members (excludes halogenated alkanes) is 1. The summed E-state index contributed by atoms with van der Waals surface area (Å²) < 4.78 is 5.57. The monoisotopic (exact) mass is 298 g/mol. The molecule has 0 aromatic carbocycles. The van der Waals surface area contributed by atoms with E-state index in [-0.39, 0.29) is 12.2 Å². The van der Waals surface area contributed by atoms with Crippen LogP contribution in [0, 0.1) is 5.92 Å². The zero-order valence-corrected chi connectivity index (χ0v) is 14.5. The fourth-order valence-corrected chi connectivity index (χ4v) is 2.85. The fourth-order valence-electron chi connectivity index (χ4n) is 2.85. The van der Waals surface area contributed by atoms with Crippen molar-refractivity contribution >= 4 is 5.91 Å². The van der Waals surface area contributed by atoms with Gasteiger partial charge in [-0.25, -0.2) is 0 Å². The van der Waals surface area contributed by atoms with Crippen molar-refractivity contribution in [2.75, 3.05) is 13.2 Å². The third-order valence-electron chi connectivity index (χ3n) is 3.87. The van der Waals surface area contributed by atoms with Crippen molar-refractivity contribution < 1.29 is 9.53 Å². The zero-order chi connectivity index (χ0) is 15.8. The Hall–Kier alpha value is -0.610. The minimum atomic E-state index is 0.0330. The number of rotatable bonds is 10. The van der Waals surface area contributed by atoms with Crippen LogP contribution in [0.3, 0.4) is 0 Å². The first-order valence-electron chi connectivity index (χ1n) is 8.63. The molecule has 0 saturated carbocycles. The molecular weight excluding hydrogens is 264 g/mol. The Kier molecular flexibility index (Phi) is 8.27. The number of carbonyl (C=O) groups is 1. The number of nitrogens with one attached hydrogen (secondary N) is 1. The molecule has 0 aromatic heterocycles. The Morgan fingerprint density at radius 1 is 1.24 bits per heavy atom. The first-order chi connectivity index (χ1) is 9.95. The molecule has 1 rings (SSSR count). The number of nitrogens with zero attached hydrogens (tertiary/aromatic N) is 1. The Labute approximate surface area is 130 Å². The lowest BCUT2D eigenvalue weighted by molar-refractivity contribution is -0.130. The van der Waals surface area contributed by atoms with Gasteiger partial charge >= 0.3 is 0 Å². The average molecular weight is 298 g/mol. The highest BCUT2D eigenvalue weighted by atomic mass is 16.5. The third-order valence-corrected chi connectivity index (χ3v) is 3.87. The summed E-state index contributed by atoms with van der Waals surface area (Å²) in [7, 11) is 0. The van der Waals surface area contributed by atoms with Gasteiger partial charge < -0.3 is 9.64 Å². The van der Waals surface area contributed by atoms with E-state index >= 15 is 0 Å². The maximum atomic E-state index is 12.5. The first kappa shape index (κ1) is 18.4. The first-order valence-corrected chi connectivity index (χ1v) is 8.63. The van der Waals surface area contributed by atoms with Gasteiger partial charge in [0, 0.05) is 13.2 Å². The quantitative estimate of drug-likeness (QED) is 0.630. The maximum Gasteiger partial charge on any atom is 0.241 e. The van der Waals surface area contributed by atoms with Crippen molar-refractivity contribution in [1.29, 1.82) is 0 Å². The van der Waals surface area contributed by atoms with Crippen LogP contribution in [0.2, 0.25) is 0 Å². The van der Waals surface area contributed by atoms with Crippen LogP contribution >= 0.6 is 0 Å². The second-order valence-electron chi connectivity index (χ2n) is 6.81. The Balaban J connectivity index is 2.44. The molecule has 0 spiro atoms. The van der Waals surface area contributed by atoms with E-state index in [1.165, 1.54) is 0 Å². The summed E-state index contributed by atoms with van der Waals surface area (Å²) in [5.41, 5.74) is 0. The topological polar surface area (TPSA) is 41.6 Å². The van der Waals surface area contributed by atoms with Gasteiger partial charge in [-0.15, -0.1) is 0 Å². The van der Waals surface area contributed by atoms with E-state index in [9.17, 15) is 4.79 Å². The van der Waals surface area contributed by atoms with Crippen LogP contribution in [-0.4, -0.2) is 42.3 Å². The summed E-state index contributed by atoms with van der Waals surface area (Å²) >= 11 is 0. The van der Waals surface area contributed by atoms with E-state index in [0.29, 0.717) is 17.9 Å². The third kappa shape index (κ3) is 6.35. The van der Waals surface area contributed by atoms with E-state index in [1.807, 2.05) is 0 Å². The van der Waals surface area contributed by atoms with E-state index in [1.54, 1.807) is 0 Å². The molecule has 1 saturated heterocycles. The molecule has 1 aliphatic heterocycles. The summed E-state index contributed by atoms with van der Waals surface area (Å²) in [6.07, 6.45) is 5.59. The molecule has 1 aliphatic rings. The van der Waals surface area contributed by atoms with Crippen LogP contribution in [0.15, 0.2) is 0 Å². The van der Waals surface area contributed by atoms with E-state index in [2.05, 4.69) is 44.8 Å². The molecule has 0 radical (unpaired) electrons. The Bertz CT molecular complexity index is 305. The normalized spacial score (nSPS) is 22.8. The Morgan fingerprint density at radius 3 is 2.52 bits per heavy atom. The molecule has 0 bridgehead atoms. The highest BCUT2D eigenvalue weighted by Crippen LogP contribution is 2.20. The summed E-state index contributed by atoms with van der Waals surface area (Å²) in [6, 6.07) is 0.0330. The smallest absolute Gasteiger partial charge is 0.241 e. The lowest BCUT2D eigenvalue weighted by Gasteiger charge is -2.25. The molecule has 4 heteroatoms. The minimum absolute atomic E-state index is 0.0330. The number of amides is 1. The molecule has 1 N–H and O–H groups in total. The molecule has 0 aliphatic carbocycles. The van der Waals surface area contributed by atoms with E-state index in [4.69, 9.17) is 4.74 Å². The summed E-state index contributed by atoms with van der Waals surface area (Å²) in [4.78, 5) is 14.6. The fraction of sp³-hybridized carbons (Fsp3) is 0.941. The summed E-state index contributed by atoms with van der Waals surface area (Å²) in [6.45, 7) is 12.3. The van der Waals surface area contributed by atoms with Gasteiger partial charge in [-0.3, -0.25) is 10.1 Å². The predicted octanol–water partition coefficient (Wildman–Crippen LogP) is 3.16. The molecular formula is C17H34N2O2. The van der Waals surface area contributed by atoms with Gasteiger partial charge in [0.15, 0.2) is 0 Å². The number of hydrogen-bond donors (Lipinski definition) is 1. The van der Waals surface area contributed by atoms with Crippen molar-refractivity contribution in [3.63, 3.8) is 0 Å². The molecule has 1 amide bonds. The van der Waals surface area contributed by atoms with Crippen molar-refractivity contribution in [3.8, 4) is 0 Å². The zero-order valence-electron chi connectivity index (χ0n) is 14.5. The summed E-state index contributed by atoms with van der Waals surface area (Å²) in [5.74, 6) is 0.898. The van der Waals surface area contributed by atoms with Crippen LogP contribution in [-0.2, 0) is 9.53 Å². The van der Waals surface area contributed by atoms with Crippen LogP contribution in [0.25, 0.3) is 0 Å². The van der Waals surface area contributed by atoms with Gasteiger partial charge in [0.05, 0.1) is 18.3 Å². The second kappa shape index (κ2) is 9.42. The van der Waals surface area contributed by atoms with Crippen LogP contribution in [0.5, 0.6) is 0 Å². The molecule has 2 unspecified atom stereocenters. The Morgan fingerprint density at radius 2 is 1.95 bits per heavy atom. The number of ether oxygens (including phenoxy) is 1. The van der Waals surface area contributed by atoms with E-state index < -0.39 is 0 Å². The van der Waals surface area contributed by atoms with Crippen LogP contribution < -0.4 is 5.32 Å². The lowest BCUT2D eigenvalue weighted by Crippen LogP contribution is -2.39. The van der Waals surface area contributed by atoms with Gasteiger partial charge in [0.25, 0.3) is 0 Å². The molecule has 2 atom stereocenters. The average Bonchev–Trinajstić information content (AvgIpc) is 2.66. The van der Waals surface area contributed by atoms with Gasteiger partial charge in [0.1, 0.15) is 0 Å². The highest BCUT2D eigenvalue weighted by molar-refractivity contribution is 5.84. The van der Waals surface area contributed by atoms with Crippen molar-refractivity contribution in [3.05, 3.63) is 0 Å². The SMILES string of the molecule is CCCC1NC(CC(C)C)N(CCCCOC(C)C)C1=O. The van der Waals surface area contributed by atoms with Gasteiger partial charge in [-0.1, -0.05) is 27.2 Å². The minimum Gasteiger partial charge on any atom is -0.379 e. The van der Waals surface area contributed by atoms with Crippen LogP contribution in [0.4, 0.5) is 0 Å². The second-order valence-corrected chi connectivity index (χ2v) is 6.81. The number of hydrogen-bond acceptors (Lipinski definition) is 3. The predicted molar refractivity (Wildman–Crippen MR) is 87.1 cm³/mol. The standard InChI is InChI=1S/C17H34N2O2/c1-6-9-15-17(20)19(16(18-15)12-13(2)3)10-7-8-11-21-14(4)5/h13-16,18H,6-12H2,1-5H3. The summed E-state index contributed by atoms with van der Waals surface area (Å²) in [5, 5.41) is 3.53. The van der Waals surface area contributed by atoms with Gasteiger partial charge in [-0.05, 0) is 45.4 Å². The van der Waals surface area contributed by atoms with E-state index in [0.717, 1.165) is 45.3 Å². The maximum absolute atomic E-state index is 12.5. The van der Waals surface area contributed by atoms with Crippen molar-refractivity contribution in [2.45, 2.75) is 85.0 Å². The van der Waals surface area contributed by atoms with Gasteiger partial charge in [-0.2, -0.15) is 0 Å². The van der Waals surface area contributed by atoms with Crippen molar-refractivity contribution in [2.24, 2.45) is 5.92 Å². The molecule has 124 valence electrons. The number of carbonyl (C=O) groups excluding carboxylic acids is 1. The largest absolute Gasteiger partial charge is 0.379 e. The molecule has 1 fully saturated rings. The molecule has 21 heavy (non-hydrogen) atoms. The molecule has 4 nitrogen and oxygen atoms in total. The molecule has 0 aromatic rings. The molecule has 1 heterocycles. The van der Waals surface area contributed by atoms with Crippen LogP contribution in [0.1, 0.15) is 66.7 Å². The van der Waals surface area contributed by atoms with Crippen molar-refractivity contribution in [1.82, 2.24) is 10.2 Å². The highest BCUT2D eigenvalue weighted by Gasteiger charge is 2.37.